The quantitative estimate of drug-likeness (QED) is 0.819. The Morgan fingerprint density at radius 1 is 0.792 bits per heavy atom. The van der Waals surface area contributed by atoms with Crippen molar-refractivity contribution in [1.82, 2.24) is 0 Å². The highest BCUT2D eigenvalue weighted by Gasteiger charge is 2.27. The number of hydrogen-bond donors (Lipinski definition) is 0. The van der Waals surface area contributed by atoms with Crippen molar-refractivity contribution in [1.29, 1.82) is 10.5 Å². The molecular weight excluding hydrogens is 336 g/mol. The fourth-order valence-corrected chi connectivity index (χ4v) is 5.88. The third-order valence-corrected chi connectivity index (χ3v) is 6.94. The van der Waals surface area contributed by atoms with Gasteiger partial charge in [0, 0.05) is 36.9 Å². The number of nitriles is 2. The van der Waals surface area contributed by atoms with Crippen LogP contribution in [0.5, 0.6) is 0 Å². The molecule has 0 aromatic carbocycles. The highest BCUT2D eigenvalue weighted by atomic mass is 32.1. The van der Waals surface area contributed by atoms with E-state index in [9.17, 15) is 10.5 Å². The maximum absolute atomic E-state index is 9.79. The molecule has 0 bridgehead atoms. The second kappa shape index (κ2) is 6.47. The lowest BCUT2D eigenvalue weighted by molar-refractivity contribution is 0.949. The van der Waals surface area contributed by atoms with Crippen molar-refractivity contribution < 1.29 is 0 Å². The molecule has 0 saturated carbocycles. The Morgan fingerprint density at radius 2 is 1.42 bits per heavy atom. The summed E-state index contributed by atoms with van der Waals surface area (Å²) in [4.78, 5) is 6.78. The van der Waals surface area contributed by atoms with E-state index >= 15 is 0 Å². The van der Waals surface area contributed by atoms with Gasteiger partial charge in [-0.15, -0.1) is 22.7 Å². The van der Waals surface area contributed by atoms with E-state index in [-0.39, 0.29) is 0 Å². The van der Waals surface area contributed by atoms with Crippen LogP contribution in [0.2, 0.25) is 0 Å². The maximum Gasteiger partial charge on any atom is 0.103 e. The van der Waals surface area contributed by atoms with Crippen LogP contribution in [0.4, 0.5) is 11.4 Å². The van der Waals surface area contributed by atoms with Crippen molar-refractivity contribution in [2.24, 2.45) is 0 Å². The van der Waals surface area contributed by atoms with E-state index in [0.29, 0.717) is 0 Å². The molecule has 4 rings (SSSR count). The van der Waals surface area contributed by atoms with E-state index < -0.39 is 0 Å². The van der Waals surface area contributed by atoms with Gasteiger partial charge in [0.05, 0.1) is 32.3 Å². The highest BCUT2D eigenvalue weighted by molar-refractivity contribution is 7.21. The fraction of sp³-hybridized carbons (Fsp3) is 0.444. The predicted molar refractivity (Wildman–Crippen MR) is 100.0 cm³/mol. The molecule has 24 heavy (non-hydrogen) atoms. The van der Waals surface area contributed by atoms with Gasteiger partial charge in [0.15, 0.2) is 0 Å². The summed E-state index contributed by atoms with van der Waals surface area (Å²) in [5, 5.41) is 23.4. The van der Waals surface area contributed by atoms with Crippen LogP contribution < -0.4 is 9.80 Å². The van der Waals surface area contributed by atoms with Crippen molar-refractivity contribution in [3.8, 4) is 21.9 Å². The van der Waals surface area contributed by atoms with Crippen LogP contribution in [-0.2, 0) is 0 Å². The number of hydrogen-bond acceptors (Lipinski definition) is 6. The first-order valence-electron chi connectivity index (χ1n) is 8.37. The van der Waals surface area contributed by atoms with Crippen LogP contribution >= 0.6 is 22.7 Å². The zero-order valence-electron chi connectivity index (χ0n) is 13.4. The molecule has 2 aromatic heterocycles. The monoisotopic (exact) mass is 354 g/mol. The van der Waals surface area contributed by atoms with E-state index in [1.165, 1.54) is 25.7 Å². The van der Waals surface area contributed by atoms with Crippen LogP contribution in [0.3, 0.4) is 0 Å². The molecule has 0 unspecified atom stereocenters. The molecule has 4 nitrogen and oxygen atoms in total. The highest BCUT2D eigenvalue weighted by Crippen LogP contribution is 2.47. The van der Waals surface area contributed by atoms with Crippen LogP contribution in [0.15, 0.2) is 10.8 Å². The Kier molecular flexibility index (Phi) is 4.18. The van der Waals surface area contributed by atoms with Gasteiger partial charge in [0.1, 0.15) is 12.1 Å². The van der Waals surface area contributed by atoms with E-state index in [1.807, 2.05) is 5.38 Å². The van der Waals surface area contributed by atoms with Gasteiger partial charge in [-0.2, -0.15) is 10.5 Å². The second-order valence-electron chi connectivity index (χ2n) is 6.26. The molecule has 2 fully saturated rings. The van der Waals surface area contributed by atoms with Gasteiger partial charge in [-0.1, -0.05) is 0 Å². The van der Waals surface area contributed by atoms with Gasteiger partial charge < -0.3 is 9.80 Å². The van der Waals surface area contributed by atoms with Gasteiger partial charge in [0.2, 0.25) is 0 Å². The van der Waals surface area contributed by atoms with Gasteiger partial charge in [-0.3, -0.25) is 0 Å². The number of anilines is 2. The summed E-state index contributed by atoms with van der Waals surface area (Å²) in [5.74, 6) is 0. The zero-order chi connectivity index (χ0) is 16.5. The van der Waals surface area contributed by atoms with Crippen molar-refractivity contribution in [2.75, 3.05) is 36.0 Å². The van der Waals surface area contributed by atoms with Crippen LogP contribution in [0.25, 0.3) is 9.75 Å². The summed E-state index contributed by atoms with van der Waals surface area (Å²) in [5.41, 5.74) is 3.66. The standard InChI is InChI=1S/C18H18N4S2/c19-9-13-11-23-18(16(13)22-7-3-4-8-22)17-14(10-20)15(12-24-17)21-5-1-2-6-21/h11-12H,1-8H2. The molecule has 0 amide bonds. The molecule has 0 atom stereocenters. The van der Waals surface area contributed by atoms with Crippen molar-refractivity contribution >= 4 is 34.0 Å². The number of nitrogens with zero attached hydrogens (tertiary/aromatic N) is 4. The Morgan fingerprint density at radius 3 is 2.04 bits per heavy atom. The third kappa shape index (κ3) is 2.47. The Bertz CT molecular complexity index is 824. The molecular formula is C18H18N4S2. The first kappa shape index (κ1) is 15.5. The molecule has 2 aromatic rings. The van der Waals surface area contributed by atoms with Gasteiger partial charge in [0.25, 0.3) is 0 Å². The normalized spacial score (nSPS) is 17.2. The average Bonchev–Trinajstić information content (AvgIpc) is 3.40. The van der Waals surface area contributed by atoms with Crippen molar-refractivity contribution in [3.05, 3.63) is 21.9 Å². The van der Waals surface area contributed by atoms with E-state index in [2.05, 4.69) is 27.3 Å². The lowest BCUT2D eigenvalue weighted by atomic mass is 10.1. The molecule has 6 heteroatoms. The maximum atomic E-state index is 9.79. The van der Waals surface area contributed by atoms with Gasteiger partial charge in [-0.25, -0.2) is 0 Å². The summed E-state index contributed by atoms with van der Waals surface area (Å²) >= 11 is 3.25. The topological polar surface area (TPSA) is 54.1 Å². The number of thiophene rings is 2. The number of rotatable bonds is 3. The zero-order valence-corrected chi connectivity index (χ0v) is 15.0. The minimum atomic E-state index is 0.747. The summed E-state index contributed by atoms with van der Waals surface area (Å²) in [7, 11) is 0. The average molecular weight is 355 g/mol. The van der Waals surface area contributed by atoms with Crippen LogP contribution in [0, 0.1) is 22.7 Å². The van der Waals surface area contributed by atoms with Crippen LogP contribution in [-0.4, -0.2) is 26.2 Å². The van der Waals surface area contributed by atoms with E-state index in [0.717, 1.165) is 58.4 Å². The summed E-state index contributed by atoms with van der Waals surface area (Å²) in [6.07, 6.45) is 4.75. The molecule has 0 N–H and O–H groups in total. The lowest BCUT2D eigenvalue weighted by Crippen LogP contribution is -2.19. The summed E-state index contributed by atoms with van der Waals surface area (Å²) in [6.45, 7) is 4.09. The molecule has 0 radical (unpaired) electrons. The Balaban J connectivity index is 1.81. The molecule has 0 aliphatic carbocycles. The molecule has 2 aliphatic heterocycles. The molecule has 0 spiro atoms. The Hall–Kier alpha value is -2.02. The lowest BCUT2D eigenvalue weighted by Gasteiger charge is -2.19. The smallest absolute Gasteiger partial charge is 0.103 e. The van der Waals surface area contributed by atoms with Crippen molar-refractivity contribution in [2.45, 2.75) is 25.7 Å². The summed E-state index contributed by atoms with van der Waals surface area (Å²) in [6, 6.07) is 4.78. The summed E-state index contributed by atoms with van der Waals surface area (Å²) < 4.78 is 0. The predicted octanol–water partition coefficient (Wildman–Crippen LogP) is 4.42. The van der Waals surface area contributed by atoms with E-state index in [1.54, 1.807) is 22.7 Å². The molecule has 2 saturated heterocycles. The first-order chi connectivity index (χ1) is 11.8. The minimum Gasteiger partial charge on any atom is -0.370 e. The van der Waals surface area contributed by atoms with E-state index in [4.69, 9.17) is 0 Å². The molecule has 4 heterocycles. The van der Waals surface area contributed by atoms with Gasteiger partial charge in [-0.05, 0) is 25.7 Å². The SMILES string of the molecule is N#Cc1csc(-c2scc(N3CCCC3)c2C#N)c1N1CCCC1. The van der Waals surface area contributed by atoms with Crippen LogP contribution in [0.1, 0.15) is 36.8 Å². The van der Waals surface area contributed by atoms with Crippen molar-refractivity contribution in [3.63, 3.8) is 0 Å². The minimum absolute atomic E-state index is 0.747. The first-order valence-corrected chi connectivity index (χ1v) is 10.1. The molecule has 122 valence electrons. The third-order valence-electron chi connectivity index (χ3n) is 4.84. The molecule has 2 aliphatic rings. The second-order valence-corrected chi connectivity index (χ2v) is 8.02. The largest absolute Gasteiger partial charge is 0.370 e. The fourth-order valence-electron chi connectivity index (χ4n) is 3.66. The van der Waals surface area contributed by atoms with Gasteiger partial charge >= 0.3 is 0 Å². The Labute approximate surface area is 150 Å².